The number of benzene rings is 1. The molecular weight excluding hydrogens is 214 g/mol. The van der Waals surface area contributed by atoms with Crippen molar-refractivity contribution in [3.63, 3.8) is 0 Å². The number of aromatic amines is 1. The predicted molar refractivity (Wildman–Crippen MR) is 68.5 cm³/mol. The van der Waals surface area contributed by atoms with Crippen molar-refractivity contribution in [1.29, 1.82) is 0 Å². The van der Waals surface area contributed by atoms with Crippen molar-refractivity contribution in [2.75, 3.05) is 0 Å². The summed E-state index contributed by atoms with van der Waals surface area (Å²) < 4.78 is 0. The summed E-state index contributed by atoms with van der Waals surface area (Å²) in [4.78, 5) is 25.2. The molecular formula is C14H15NO2. The van der Waals surface area contributed by atoms with E-state index in [-0.39, 0.29) is 12.0 Å². The average molecular weight is 229 g/mol. The maximum atomic E-state index is 11.8. The van der Waals surface area contributed by atoms with Gasteiger partial charge in [0.05, 0.1) is 0 Å². The molecule has 1 aromatic heterocycles. The summed E-state index contributed by atoms with van der Waals surface area (Å²) in [6.45, 7) is 3.97. The van der Waals surface area contributed by atoms with Gasteiger partial charge in [-0.25, -0.2) is 0 Å². The van der Waals surface area contributed by atoms with Crippen LogP contribution in [0.25, 0.3) is 10.9 Å². The standard InChI is InChI=1S/C14H15NO2/c1-3-10-4-5-11-9(2)12(6-7-16)14(17)15-13(11)8-10/h4-5,7-8H,3,6H2,1-2H3,(H,15,17). The van der Waals surface area contributed by atoms with E-state index in [1.54, 1.807) is 0 Å². The Morgan fingerprint density at radius 1 is 1.35 bits per heavy atom. The number of aromatic nitrogens is 1. The van der Waals surface area contributed by atoms with Crippen molar-refractivity contribution in [3.8, 4) is 0 Å². The molecule has 0 unspecified atom stereocenters. The van der Waals surface area contributed by atoms with E-state index < -0.39 is 0 Å². The Hall–Kier alpha value is -1.90. The molecule has 0 fully saturated rings. The Morgan fingerprint density at radius 2 is 2.12 bits per heavy atom. The number of aldehydes is 1. The van der Waals surface area contributed by atoms with Gasteiger partial charge in [0.15, 0.2) is 0 Å². The minimum atomic E-state index is -0.157. The second kappa shape index (κ2) is 4.53. The van der Waals surface area contributed by atoms with Crippen molar-refractivity contribution in [2.45, 2.75) is 26.7 Å². The third-order valence-electron chi connectivity index (χ3n) is 3.16. The van der Waals surface area contributed by atoms with Gasteiger partial charge in [0.2, 0.25) is 0 Å². The lowest BCUT2D eigenvalue weighted by Crippen LogP contribution is -2.15. The molecule has 0 spiro atoms. The monoisotopic (exact) mass is 229 g/mol. The van der Waals surface area contributed by atoms with Crippen molar-refractivity contribution < 1.29 is 4.79 Å². The molecule has 0 aliphatic carbocycles. The number of fused-ring (bicyclic) bond motifs is 1. The zero-order chi connectivity index (χ0) is 12.4. The Bertz CT molecular complexity index is 626. The molecule has 1 heterocycles. The van der Waals surface area contributed by atoms with Gasteiger partial charge in [0.1, 0.15) is 6.29 Å². The van der Waals surface area contributed by atoms with Crippen molar-refractivity contribution in [3.05, 3.63) is 45.2 Å². The van der Waals surface area contributed by atoms with Gasteiger partial charge in [-0.15, -0.1) is 0 Å². The van der Waals surface area contributed by atoms with E-state index in [1.165, 1.54) is 5.56 Å². The number of hydrogen-bond donors (Lipinski definition) is 1. The van der Waals surface area contributed by atoms with E-state index in [2.05, 4.69) is 18.0 Å². The molecule has 0 aliphatic heterocycles. The van der Waals surface area contributed by atoms with Crippen LogP contribution in [-0.2, 0) is 17.6 Å². The highest BCUT2D eigenvalue weighted by atomic mass is 16.1. The normalized spacial score (nSPS) is 10.7. The second-order valence-electron chi connectivity index (χ2n) is 4.16. The Morgan fingerprint density at radius 3 is 2.76 bits per heavy atom. The first-order valence-corrected chi connectivity index (χ1v) is 5.75. The first-order valence-electron chi connectivity index (χ1n) is 5.75. The molecule has 0 saturated heterocycles. The Labute approximate surface area is 99.5 Å². The van der Waals surface area contributed by atoms with Gasteiger partial charge < -0.3 is 9.78 Å². The molecule has 0 saturated carbocycles. The van der Waals surface area contributed by atoms with Gasteiger partial charge in [0.25, 0.3) is 5.56 Å². The molecule has 1 N–H and O–H groups in total. The van der Waals surface area contributed by atoms with E-state index in [0.717, 1.165) is 29.2 Å². The van der Waals surface area contributed by atoms with E-state index in [4.69, 9.17) is 0 Å². The highest BCUT2D eigenvalue weighted by Crippen LogP contribution is 2.19. The maximum Gasteiger partial charge on any atom is 0.252 e. The van der Waals surface area contributed by atoms with Crippen LogP contribution in [0, 0.1) is 6.92 Å². The van der Waals surface area contributed by atoms with Gasteiger partial charge >= 0.3 is 0 Å². The van der Waals surface area contributed by atoms with Gasteiger partial charge in [-0.2, -0.15) is 0 Å². The minimum absolute atomic E-state index is 0.157. The van der Waals surface area contributed by atoms with Crippen molar-refractivity contribution >= 4 is 17.2 Å². The van der Waals surface area contributed by atoms with Gasteiger partial charge in [-0.1, -0.05) is 19.1 Å². The lowest BCUT2D eigenvalue weighted by Gasteiger charge is -2.07. The summed E-state index contributed by atoms with van der Waals surface area (Å²) in [5.41, 5.74) is 3.35. The predicted octanol–water partition coefficient (Wildman–Crippen LogP) is 2.14. The average Bonchev–Trinajstić information content (AvgIpc) is 2.33. The molecule has 3 nitrogen and oxygen atoms in total. The van der Waals surface area contributed by atoms with E-state index in [1.807, 2.05) is 19.1 Å². The molecule has 3 heteroatoms. The lowest BCUT2D eigenvalue weighted by atomic mass is 10.0. The number of pyridine rings is 1. The molecule has 0 aliphatic rings. The highest BCUT2D eigenvalue weighted by Gasteiger charge is 2.08. The number of hydrogen-bond acceptors (Lipinski definition) is 2. The summed E-state index contributed by atoms with van der Waals surface area (Å²) in [5.74, 6) is 0. The number of rotatable bonds is 3. The molecule has 0 bridgehead atoms. The maximum absolute atomic E-state index is 11.8. The third kappa shape index (κ3) is 2.00. The van der Waals surface area contributed by atoms with Crippen LogP contribution in [-0.4, -0.2) is 11.3 Å². The highest BCUT2D eigenvalue weighted by molar-refractivity contribution is 5.84. The molecule has 0 amide bonds. The molecule has 0 atom stereocenters. The SMILES string of the molecule is CCc1ccc2c(C)c(CC=O)c(=O)[nH]c2c1. The zero-order valence-corrected chi connectivity index (χ0v) is 10.0. The first-order chi connectivity index (χ1) is 8.17. The number of nitrogens with one attached hydrogen (secondary N) is 1. The zero-order valence-electron chi connectivity index (χ0n) is 10.0. The fraction of sp³-hybridized carbons (Fsp3) is 0.286. The fourth-order valence-electron chi connectivity index (χ4n) is 2.10. The van der Waals surface area contributed by atoms with Crippen molar-refractivity contribution in [2.24, 2.45) is 0 Å². The third-order valence-corrected chi connectivity index (χ3v) is 3.16. The molecule has 2 aromatic rings. The van der Waals surface area contributed by atoms with E-state index >= 15 is 0 Å². The van der Waals surface area contributed by atoms with Crippen LogP contribution in [0.3, 0.4) is 0 Å². The number of carbonyl (C=O) groups is 1. The summed E-state index contributed by atoms with van der Waals surface area (Å²) in [7, 11) is 0. The van der Waals surface area contributed by atoms with E-state index in [9.17, 15) is 9.59 Å². The van der Waals surface area contributed by atoms with Crippen LogP contribution < -0.4 is 5.56 Å². The van der Waals surface area contributed by atoms with E-state index in [0.29, 0.717) is 5.56 Å². The van der Waals surface area contributed by atoms with Gasteiger partial charge in [-0.3, -0.25) is 4.79 Å². The Balaban J connectivity index is 2.76. The lowest BCUT2D eigenvalue weighted by molar-refractivity contribution is -0.107. The van der Waals surface area contributed by atoms with Crippen molar-refractivity contribution in [1.82, 2.24) is 4.98 Å². The molecule has 1 aromatic carbocycles. The molecule has 88 valence electrons. The number of carbonyl (C=O) groups excluding carboxylic acids is 1. The van der Waals surface area contributed by atoms with Crippen LogP contribution in [0.4, 0.5) is 0 Å². The summed E-state index contributed by atoms with van der Waals surface area (Å²) >= 11 is 0. The van der Waals surface area contributed by atoms with Crippen LogP contribution in [0.2, 0.25) is 0 Å². The first kappa shape index (κ1) is 11.6. The number of H-pyrrole nitrogens is 1. The topological polar surface area (TPSA) is 49.9 Å². The Kier molecular flexibility index (Phi) is 3.09. The fourth-order valence-corrected chi connectivity index (χ4v) is 2.10. The quantitative estimate of drug-likeness (QED) is 0.820. The molecule has 0 radical (unpaired) electrons. The van der Waals surface area contributed by atoms with Crippen LogP contribution in [0.15, 0.2) is 23.0 Å². The van der Waals surface area contributed by atoms with Gasteiger partial charge in [-0.05, 0) is 30.5 Å². The smallest absolute Gasteiger partial charge is 0.252 e. The summed E-state index contributed by atoms with van der Waals surface area (Å²) in [6, 6.07) is 6.06. The molecule has 17 heavy (non-hydrogen) atoms. The minimum Gasteiger partial charge on any atom is -0.322 e. The summed E-state index contributed by atoms with van der Waals surface area (Å²) in [5, 5.41) is 1.01. The van der Waals surface area contributed by atoms with Crippen LogP contribution >= 0.6 is 0 Å². The van der Waals surface area contributed by atoms with Crippen LogP contribution in [0.1, 0.15) is 23.6 Å². The van der Waals surface area contributed by atoms with Gasteiger partial charge in [0, 0.05) is 22.9 Å². The number of aryl methyl sites for hydroxylation is 2. The largest absolute Gasteiger partial charge is 0.322 e. The second-order valence-corrected chi connectivity index (χ2v) is 4.16. The van der Waals surface area contributed by atoms with Crippen LogP contribution in [0.5, 0.6) is 0 Å². The summed E-state index contributed by atoms with van der Waals surface area (Å²) in [6.07, 6.45) is 1.88. The molecule has 2 rings (SSSR count).